The van der Waals surface area contributed by atoms with E-state index in [0.717, 1.165) is 6.42 Å². The van der Waals surface area contributed by atoms with E-state index in [2.05, 4.69) is 6.07 Å². The summed E-state index contributed by atoms with van der Waals surface area (Å²) in [5.41, 5.74) is 1.67. The van der Waals surface area contributed by atoms with Crippen LogP contribution in [0, 0.1) is 21.4 Å². The summed E-state index contributed by atoms with van der Waals surface area (Å²) in [7, 11) is 1.56. The molecular formula is C19H18N2O4. The summed E-state index contributed by atoms with van der Waals surface area (Å²) in [4.78, 5) is 10.3. The van der Waals surface area contributed by atoms with Gasteiger partial charge in [0, 0.05) is 17.7 Å². The molecule has 2 aromatic rings. The molecule has 0 aliphatic heterocycles. The maximum atomic E-state index is 10.8. The minimum Gasteiger partial charge on any atom is -0.493 e. The molecule has 2 rings (SSSR count). The molecule has 0 radical (unpaired) electrons. The Kier molecular flexibility index (Phi) is 6.13. The van der Waals surface area contributed by atoms with E-state index >= 15 is 0 Å². The Morgan fingerprint density at radius 1 is 1.28 bits per heavy atom. The molecule has 0 amide bonds. The predicted octanol–water partition coefficient (Wildman–Crippen LogP) is 4.46. The minimum atomic E-state index is -0.474. The van der Waals surface area contributed by atoms with Crippen LogP contribution >= 0.6 is 0 Å². The number of nitrogens with zero attached hydrogens (tertiary/aromatic N) is 2. The third kappa shape index (κ3) is 4.36. The van der Waals surface area contributed by atoms with Crippen molar-refractivity contribution in [2.75, 3.05) is 13.7 Å². The van der Waals surface area contributed by atoms with E-state index < -0.39 is 4.92 Å². The molecule has 0 aromatic heterocycles. The average Bonchev–Trinajstić information content (AvgIpc) is 2.64. The number of allylic oxidation sites excluding steroid dienone is 1. The normalized spacial score (nSPS) is 10.8. The first-order valence-corrected chi connectivity index (χ1v) is 7.77. The lowest BCUT2D eigenvalue weighted by molar-refractivity contribution is -0.384. The maximum Gasteiger partial charge on any atom is 0.269 e. The lowest BCUT2D eigenvalue weighted by Crippen LogP contribution is -2.00. The Morgan fingerprint density at radius 3 is 2.56 bits per heavy atom. The van der Waals surface area contributed by atoms with Gasteiger partial charge < -0.3 is 9.47 Å². The quantitative estimate of drug-likeness (QED) is 0.322. The van der Waals surface area contributed by atoms with Crippen LogP contribution in [0.2, 0.25) is 0 Å². The van der Waals surface area contributed by atoms with Crippen LogP contribution in [0.3, 0.4) is 0 Å². The van der Waals surface area contributed by atoms with Crippen LogP contribution in [0.25, 0.3) is 11.6 Å². The number of nitro groups is 1. The van der Waals surface area contributed by atoms with Crippen molar-refractivity contribution in [3.8, 4) is 17.6 Å². The highest BCUT2D eigenvalue weighted by atomic mass is 16.6. The lowest BCUT2D eigenvalue weighted by Gasteiger charge is -2.13. The van der Waals surface area contributed by atoms with Gasteiger partial charge in [-0.2, -0.15) is 5.26 Å². The van der Waals surface area contributed by atoms with Crippen molar-refractivity contribution >= 4 is 17.3 Å². The largest absolute Gasteiger partial charge is 0.493 e. The zero-order chi connectivity index (χ0) is 18.2. The van der Waals surface area contributed by atoms with Crippen molar-refractivity contribution in [1.82, 2.24) is 0 Å². The number of hydrogen-bond acceptors (Lipinski definition) is 5. The molecule has 0 saturated carbocycles. The van der Waals surface area contributed by atoms with Crippen LogP contribution in [-0.4, -0.2) is 18.6 Å². The predicted molar refractivity (Wildman–Crippen MR) is 95.4 cm³/mol. The third-order valence-electron chi connectivity index (χ3n) is 3.49. The standard InChI is InChI=1S/C19H18N2O4/c1-3-11-25-19-15(5-4-6-18(19)24-2)12-16(13-20)14-7-9-17(10-8-14)21(22)23/h4-10,12H,3,11H2,1-2H3. The number of ether oxygens (including phenoxy) is 2. The topological polar surface area (TPSA) is 85.4 Å². The average molecular weight is 338 g/mol. The van der Waals surface area contributed by atoms with Gasteiger partial charge in [-0.05, 0) is 36.3 Å². The first-order valence-electron chi connectivity index (χ1n) is 7.77. The van der Waals surface area contributed by atoms with Gasteiger partial charge in [0.2, 0.25) is 0 Å². The maximum absolute atomic E-state index is 10.8. The minimum absolute atomic E-state index is 0.0191. The molecule has 6 heteroatoms. The number of nitriles is 1. The zero-order valence-corrected chi connectivity index (χ0v) is 14.1. The van der Waals surface area contributed by atoms with Crippen molar-refractivity contribution in [3.05, 3.63) is 63.7 Å². The van der Waals surface area contributed by atoms with Gasteiger partial charge in [0.1, 0.15) is 0 Å². The number of nitro benzene ring substituents is 1. The second-order valence-electron chi connectivity index (χ2n) is 5.20. The molecule has 25 heavy (non-hydrogen) atoms. The Hall–Kier alpha value is -3.33. The fourth-order valence-corrected chi connectivity index (χ4v) is 2.26. The van der Waals surface area contributed by atoms with Crippen LogP contribution in [0.1, 0.15) is 24.5 Å². The van der Waals surface area contributed by atoms with Crippen LogP contribution in [0.4, 0.5) is 5.69 Å². The van der Waals surface area contributed by atoms with Gasteiger partial charge >= 0.3 is 0 Å². The van der Waals surface area contributed by atoms with Crippen molar-refractivity contribution in [3.63, 3.8) is 0 Å². The van der Waals surface area contributed by atoms with Gasteiger partial charge in [-0.3, -0.25) is 10.1 Å². The number of hydrogen-bond donors (Lipinski definition) is 0. The molecule has 0 saturated heterocycles. The highest BCUT2D eigenvalue weighted by Gasteiger charge is 2.12. The van der Waals surface area contributed by atoms with Crippen LogP contribution < -0.4 is 9.47 Å². The van der Waals surface area contributed by atoms with Crippen molar-refractivity contribution in [1.29, 1.82) is 5.26 Å². The summed E-state index contributed by atoms with van der Waals surface area (Å²) in [6, 6.07) is 13.4. The summed E-state index contributed by atoms with van der Waals surface area (Å²) in [6.45, 7) is 2.53. The molecule has 6 nitrogen and oxygen atoms in total. The van der Waals surface area contributed by atoms with Gasteiger partial charge in [-0.1, -0.05) is 19.1 Å². The highest BCUT2D eigenvalue weighted by Crippen LogP contribution is 2.34. The van der Waals surface area contributed by atoms with Crippen LogP contribution in [-0.2, 0) is 0 Å². The number of non-ortho nitro benzene ring substituents is 1. The number of para-hydroxylation sites is 1. The third-order valence-corrected chi connectivity index (χ3v) is 3.49. The lowest BCUT2D eigenvalue weighted by atomic mass is 10.0. The monoisotopic (exact) mass is 338 g/mol. The summed E-state index contributed by atoms with van der Waals surface area (Å²) in [6.07, 6.45) is 2.53. The van der Waals surface area contributed by atoms with E-state index in [-0.39, 0.29) is 5.69 Å². The second-order valence-corrected chi connectivity index (χ2v) is 5.20. The smallest absolute Gasteiger partial charge is 0.269 e. The Balaban J connectivity index is 2.45. The molecule has 0 spiro atoms. The Bertz CT molecular complexity index is 820. The van der Waals surface area contributed by atoms with Crippen LogP contribution in [0.5, 0.6) is 11.5 Å². The molecule has 0 aliphatic carbocycles. The van der Waals surface area contributed by atoms with E-state index in [9.17, 15) is 15.4 Å². The molecule has 0 aliphatic rings. The van der Waals surface area contributed by atoms with E-state index in [1.807, 2.05) is 19.1 Å². The molecule has 0 atom stereocenters. The number of rotatable bonds is 7. The molecule has 0 N–H and O–H groups in total. The molecular weight excluding hydrogens is 320 g/mol. The van der Waals surface area contributed by atoms with E-state index in [1.165, 1.54) is 12.1 Å². The zero-order valence-electron chi connectivity index (χ0n) is 14.1. The van der Waals surface area contributed by atoms with Gasteiger partial charge in [0.25, 0.3) is 5.69 Å². The Morgan fingerprint density at radius 2 is 2.00 bits per heavy atom. The van der Waals surface area contributed by atoms with E-state index in [0.29, 0.717) is 34.8 Å². The first-order chi connectivity index (χ1) is 12.1. The number of benzene rings is 2. The van der Waals surface area contributed by atoms with E-state index in [1.54, 1.807) is 31.4 Å². The summed E-state index contributed by atoms with van der Waals surface area (Å²) < 4.78 is 11.1. The van der Waals surface area contributed by atoms with E-state index in [4.69, 9.17) is 9.47 Å². The molecule has 0 unspecified atom stereocenters. The summed E-state index contributed by atoms with van der Waals surface area (Å²) >= 11 is 0. The van der Waals surface area contributed by atoms with Gasteiger partial charge in [-0.25, -0.2) is 0 Å². The van der Waals surface area contributed by atoms with Crippen molar-refractivity contribution < 1.29 is 14.4 Å². The molecule has 2 aromatic carbocycles. The summed E-state index contributed by atoms with van der Waals surface area (Å²) in [5, 5.41) is 20.2. The van der Waals surface area contributed by atoms with Gasteiger partial charge in [-0.15, -0.1) is 0 Å². The van der Waals surface area contributed by atoms with Gasteiger partial charge in [0.15, 0.2) is 11.5 Å². The van der Waals surface area contributed by atoms with Crippen molar-refractivity contribution in [2.24, 2.45) is 0 Å². The fraction of sp³-hybridized carbons (Fsp3) is 0.211. The highest BCUT2D eigenvalue weighted by molar-refractivity contribution is 5.91. The first kappa shape index (κ1) is 18.0. The van der Waals surface area contributed by atoms with Crippen molar-refractivity contribution in [2.45, 2.75) is 13.3 Å². The molecule has 128 valence electrons. The molecule has 0 heterocycles. The Labute approximate surface area is 146 Å². The fourth-order valence-electron chi connectivity index (χ4n) is 2.26. The van der Waals surface area contributed by atoms with Gasteiger partial charge in [0.05, 0.1) is 30.3 Å². The SMILES string of the molecule is CCCOc1c(C=C(C#N)c2ccc([N+](=O)[O-])cc2)cccc1OC. The number of methoxy groups -OCH3 is 1. The summed E-state index contributed by atoms with van der Waals surface area (Å²) in [5.74, 6) is 1.16. The van der Waals surface area contributed by atoms with Crippen LogP contribution in [0.15, 0.2) is 42.5 Å². The second kappa shape index (κ2) is 8.50. The molecule has 0 bridgehead atoms. The molecule has 0 fully saturated rings.